The molecule has 0 radical (unpaired) electrons. The second-order valence-electron chi connectivity index (χ2n) is 5.29. The minimum absolute atomic E-state index is 0.0968. The van der Waals surface area contributed by atoms with Gasteiger partial charge in [-0.3, -0.25) is 4.79 Å². The number of rotatable bonds is 5. The first-order valence-electron chi connectivity index (χ1n) is 7.54. The predicted molar refractivity (Wildman–Crippen MR) is 101 cm³/mol. The van der Waals surface area contributed by atoms with Gasteiger partial charge in [0.2, 0.25) is 0 Å². The summed E-state index contributed by atoms with van der Waals surface area (Å²) < 4.78 is 6.50. The first-order valence-corrected chi connectivity index (χ1v) is 8.33. The van der Waals surface area contributed by atoms with Crippen molar-refractivity contribution in [3.8, 4) is 11.5 Å². The number of nitrogens with one attached hydrogen (secondary N) is 1. The average Bonchev–Trinajstić information content (AvgIpc) is 2.61. The van der Waals surface area contributed by atoms with Gasteiger partial charge in [-0.15, -0.1) is 0 Å². The largest absolute Gasteiger partial charge is 0.507 e. The molecule has 1 amide bonds. The predicted octanol–water partition coefficient (Wildman–Crippen LogP) is 3.84. The van der Waals surface area contributed by atoms with Crippen molar-refractivity contribution in [2.75, 3.05) is 6.61 Å². The van der Waals surface area contributed by atoms with E-state index in [-0.39, 0.29) is 18.3 Å². The number of carbonyl (C=O) groups excluding carboxylic acids is 1. The number of hydrogen-bond acceptors (Lipinski definition) is 4. The molecule has 25 heavy (non-hydrogen) atoms. The van der Waals surface area contributed by atoms with Crippen LogP contribution < -0.4 is 10.2 Å². The van der Waals surface area contributed by atoms with Crippen LogP contribution >= 0.6 is 15.9 Å². The van der Waals surface area contributed by atoms with Crippen molar-refractivity contribution in [1.82, 2.24) is 5.43 Å². The highest BCUT2D eigenvalue weighted by Gasteiger charge is 2.03. The van der Waals surface area contributed by atoms with Crippen molar-refractivity contribution in [3.05, 3.63) is 70.7 Å². The third kappa shape index (κ3) is 4.58. The molecule has 0 unspecified atom stereocenters. The molecule has 5 nitrogen and oxygen atoms in total. The molecule has 0 spiro atoms. The summed E-state index contributed by atoms with van der Waals surface area (Å²) in [5.41, 5.74) is 2.88. The molecule has 3 aromatic carbocycles. The third-order valence-electron chi connectivity index (χ3n) is 3.47. The summed E-state index contributed by atoms with van der Waals surface area (Å²) in [5, 5.41) is 15.5. The van der Waals surface area contributed by atoms with Crippen LogP contribution in [0.3, 0.4) is 0 Å². The normalized spacial score (nSPS) is 10.9. The molecule has 3 aromatic rings. The monoisotopic (exact) mass is 398 g/mol. The van der Waals surface area contributed by atoms with Gasteiger partial charge in [-0.2, -0.15) is 5.10 Å². The SMILES string of the molecule is O=C(COc1ccc2cc(Br)ccc2c1)NN=Cc1ccccc1O. The number of para-hydroxylation sites is 1. The maximum absolute atomic E-state index is 11.8. The van der Waals surface area contributed by atoms with E-state index < -0.39 is 0 Å². The van der Waals surface area contributed by atoms with Crippen molar-refractivity contribution in [1.29, 1.82) is 0 Å². The van der Waals surface area contributed by atoms with Crippen molar-refractivity contribution in [2.45, 2.75) is 0 Å². The summed E-state index contributed by atoms with van der Waals surface area (Å²) in [7, 11) is 0. The van der Waals surface area contributed by atoms with Gasteiger partial charge in [0.05, 0.1) is 6.21 Å². The molecule has 2 N–H and O–H groups in total. The van der Waals surface area contributed by atoms with E-state index in [9.17, 15) is 9.90 Å². The molecule has 0 atom stereocenters. The van der Waals surface area contributed by atoms with Crippen molar-refractivity contribution in [3.63, 3.8) is 0 Å². The quantitative estimate of drug-likeness (QED) is 0.506. The number of carbonyl (C=O) groups is 1. The summed E-state index contributed by atoms with van der Waals surface area (Å²) in [6.07, 6.45) is 1.38. The second-order valence-corrected chi connectivity index (χ2v) is 6.21. The van der Waals surface area contributed by atoms with Crippen LogP contribution in [-0.4, -0.2) is 23.8 Å². The molecule has 0 aliphatic carbocycles. The van der Waals surface area contributed by atoms with Crippen LogP contribution in [0.1, 0.15) is 5.56 Å². The minimum atomic E-state index is -0.387. The number of hydrogen-bond donors (Lipinski definition) is 2. The standard InChI is InChI=1S/C19H15BrN2O3/c20-16-7-5-14-10-17(8-6-13(14)9-16)25-12-19(24)22-21-11-15-3-1-2-4-18(15)23/h1-11,23H,12H2,(H,22,24). The first kappa shape index (κ1) is 17.0. The van der Waals surface area contributed by atoms with E-state index in [0.717, 1.165) is 15.2 Å². The smallest absolute Gasteiger partial charge is 0.277 e. The number of phenols is 1. The number of nitrogens with zero attached hydrogens (tertiary/aromatic N) is 1. The fourth-order valence-electron chi connectivity index (χ4n) is 2.24. The van der Waals surface area contributed by atoms with Crippen molar-refractivity contribution in [2.24, 2.45) is 5.10 Å². The summed E-state index contributed by atoms with van der Waals surface area (Å²) in [6, 6.07) is 18.3. The number of fused-ring (bicyclic) bond motifs is 1. The Morgan fingerprint density at radius 3 is 2.72 bits per heavy atom. The van der Waals surface area contributed by atoms with Crippen LogP contribution in [0.5, 0.6) is 11.5 Å². The van der Waals surface area contributed by atoms with E-state index in [0.29, 0.717) is 11.3 Å². The summed E-state index contributed by atoms with van der Waals surface area (Å²) >= 11 is 3.43. The molecular weight excluding hydrogens is 384 g/mol. The van der Waals surface area contributed by atoms with Gasteiger partial charge < -0.3 is 9.84 Å². The summed E-state index contributed by atoms with van der Waals surface area (Å²) in [6.45, 7) is -0.153. The van der Waals surface area contributed by atoms with E-state index in [1.807, 2.05) is 36.4 Å². The highest BCUT2D eigenvalue weighted by Crippen LogP contribution is 2.24. The molecule has 0 aliphatic rings. The number of benzene rings is 3. The molecule has 3 rings (SSSR count). The minimum Gasteiger partial charge on any atom is -0.507 e. The molecular formula is C19H15BrN2O3. The number of halogens is 1. The summed E-state index contributed by atoms with van der Waals surface area (Å²) in [5.74, 6) is 0.316. The lowest BCUT2D eigenvalue weighted by molar-refractivity contribution is -0.123. The lowest BCUT2D eigenvalue weighted by Gasteiger charge is -2.06. The van der Waals surface area contributed by atoms with Crippen molar-refractivity contribution >= 4 is 38.8 Å². The number of ether oxygens (including phenoxy) is 1. The molecule has 0 heterocycles. The van der Waals surface area contributed by atoms with Gasteiger partial charge in [-0.25, -0.2) is 5.43 Å². The maximum atomic E-state index is 11.8. The van der Waals surface area contributed by atoms with Crippen molar-refractivity contribution < 1.29 is 14.6 Å². The van der Waals surface area contributed by atoms with Crippen LogP contribution in [0.4, 0.5) is 0 Å². The van der Waals surface area contributed by atoms with Crippen LogP contribution in [0.25, 0.3) is 10.8 Å². The Labute approximate surface area is 153 Å². The topological polar surface area (TPSA) is 70.9 Å². The highest BCUT2D eigenvalue weighted by atomic mass is 79.9. The van der Waals surface area contributed by atoms with Crippen LogP contribution in [-0.2, 0) is 4.79 Å². The van der Waals surface area contributed by atoms with Crippen LogP contribution in [0, 0.1) is 0 Å². The van der Waals surface area contributed by atoms with E-state index in [1.165, 1.54) is 6.21 Å². The van der Waals surface area contributed by atoms with Gasteiger partial charge in [0, 0.05) is 10.0 Å². The van der Waals surface area contributed by atoms with E-state index in [2.05, 4.69) is 26.5 Å². The zero-order valence-corrected chi connectivity index (χ0v) is 14.7. The van der Waals surface area contributed by atoms with Gasteiger partial charge in [0.15, 0.2) is 6.61 Å². The molecule has 6 heteroatoms. The fourth-order valence-corrected chi connectivity index (χ4v) is 2.61. The second kappa shape index (κ2) is 7.81. The van der Waals surface area contributed by atoms with Gasteiger partial charge >= 0.3 is 0 Å². The Morgan fingerprint density at radius 1 is 1.12 bits per heavy atom. The lowest BCUT2D eigenvalue weighted by Crippen LogP contribution is -2.24. The molecule has 0 fully saturated rings. The molecule has 0 aromatic heterocycles. The summed E-state index contributed by atoms with van der Waals surface area (Å²) in [4.78, 5) is 11.8. The fraction of sp³-hybridized carbons (Fsp3) is 0.0526. The Bertz CT molecular complexity index is 941. The zero-order valence-electron chi connectivity index (χ0n) is 13.1. The number of phenolic OH excluding ortho intramolecular Hbond substituents is 1. The number of hydrazone groups is 1. The zero-order chi connectivity index (χ0) is 17.6. The highest BCUT2D eigenvalue weighted by molar-refractivity contribution is 9.10. The van der Waals surface area contributed by atoms with E-state index >= 15 is 0 Å². The Kier molecular flexibility index (Phi) is 5.30. The van der Waals surface area contributed by atoms with E-state index in [1.54, 1.807) is 24.3 Å². The molecule has 126 valence electrons. The van der Waals surface area contributed by atoms with Crippen LogP contribution in [0.15, 0.2) is 70.2 Å². The third-order valence-corrected chi connectivity index (χ3v) is 3.97. The lowest BCUT2D eigenvalue weighted by atomic mass is 10.1. The van der Waals surface area contributed by atoms with Gasteiger partial charge in [0.1, 0.15) is 11.5 Å². The number of amides is 1. The Morgan fingerprint density at radius 2 is 1.88 bits per heavy atom. The van der Waals surface area contributed by atoms with Gasteiger partial charge in [-0.1, -0.05) is 40.2 Å². The number of aromatic hydroxyl groups is 1. The Balaban J connectivity index is 1.55. The first-order chi connectivity index (χ1) is 12.1. The van der Waals surface area contributed by atoms with Gasteiger partial charge in [-0.05, 0) is 47.2 Å². The van der Waals surface area contributed by atoms with Crippen LogP contribution in [0.2, 0.25) is 0 Å². The molecule has 0 bridgehead atoms. The average molecular weight is 399 g/mol. The van der Waals surface area contributed by atoms with Gasteiger partial charge in [0.25, 0.3) is 5.91 Å². The maximum Gasteiger partial charge on any atom is 0.277 e. The molecule has 0 saturated carbocycles. The molecule has 0 aliphatic heterocycles. The molecule has 0 saturated heterocycles. The Hall–Kier alpha value is -2.86. The van der Waals surface area contributed by atoms with E-state index in [4.69, 9.17) is 4.74 Å².